The quantitative estimate of drug-likeness (QED) is 0.625. The largest absolute Gasteiger partial charge is 0.382 e. The number of aryl methyl sites for hydroxylation is 1. The maximum Gasteiger partial charge on any atom is 0.255 e. The van der Waals surface area contributed by atoms with Crippen molar-refractivity contribution in [3.05, 3.63) is 46.1 Å². The average Bonchev–Trinajstić information content (AvgIpc) is 3.02. The van der Waals surface area contributed by atoms with Gasteiger partial charge in [-0.05, 0) is 48.3 Å². The fourth-order valence-corrected chi connectivity index (χ4v) is 2.79. The molecule has 8 heteroatoms. The summed E-state index contributed by atoms with van der Waals surface area (Å²) in [5.41, 5.74) is 0.508. The highest BCUT2D eigenvalue weighted by Crippen LogP contribution is 2.18. The number of carbonyl (C=O) groups is 2. The van der Waals surface area contributed by atoms with Crippen LogP contribution in [0.2, 0.25) is 0 Å². The molecule has 0 unspecified atom stereocenters. The SMILES string of the molecule is CCOCCCN(CC(=O)Nc1cc(C)on1)C(=O)c1ccccc1Br. The maximum atomic E-state index is 12.9. The van der Waals surface area contributed by atoms with Crippen LogP contribution in [0, 0.1) is 6.92 Å². The van der Waals surface area contributed by atoms with Gasteiger partial charge in [-0.3, -0.25) is 9.59 Å². The van der Waals surface area contributed by atoms with Crippen LogP contribution in [0.4, 0.5) is 5.82 Å². The number of nitrogens with one attached hydrogen (secondary N) is 1. The van der Waals surface area contributed by atoms with E-state index in [4.69, 9.17) is 9.26 Å². The van der Waals surface area contributed by atoms with E-state index in [0.717, 1.165) is 0 Å². The minimum absolute atomic E-state index is 0.0851. The Morgan fingerprint density at radius 1 is 1.35 bits per heavy atom. The summed E-state index contributed by atoms with van der Waals surface area (Å²) in [6.07, 6.45) is 0.639. The number of nitrogens with zero attached hydrogens (tertiary/aromatic N) is 2. The monoisotopic (exact) mass is 423 g/mol. The van der Waals surface area contributed by atoms with E-state index in [9.17, 15) is 9.59 Å². The first-order valence-electron chi connectivity index (χ1n) is 8.36. The molecule has 26 heavy (non-hydrogen) atoms. The second-order valence-corrected chi connectivity index (χ2v) is 6.48. The smallest absolute Gasteiger partial charge is 0.255 e. The van der Waals surface area contributed by atoms with Gasteiger partial charge in [0.05, 0.1) is 5.56 Å². The second kappa shape index (κ2) is 10.1. The summed E-state index contributed by atoms with van der Waals surface area (Å²) >= 11 is 3.39. The predicted molar refractivity (Wildman–Crippen MR) is 101 cm³/mol. The zero-order valence-corrected chi connectivity index (χ0v) is 16.4. The first-order chi connectivity index (χ1) is 12.5. The number of hydrogen-bond donors (Lipinski definition) is 1. The van der Waals surface area contributed by atoms with Crippen molar-refractivity contribution in [1.82, 2.24) is 10.1 Å². The van der Waals surface area contributed by atoms with Gasteiger partial charge >= 0.3 is 0 Å². The summed E-state index contributed by atoms with van der Waals surface area (Å²) in [6, 6.07) is 8.76. The molecule has 0 saturated carbocycles. The van der Waals surface area contributed by atoms with Gasteiger partial charge in [0.25, 0.3) is 5.91 Å². The van der Waals surface area contributed by atoms with Gasteiger partial charge in [-0.1, -0.05) is 17.3 Å². The zero-order valence-electron chi connectivity index (χ0n) is 14.8. The summed E-state index contributed by atoms with van der Waals surface area (Å²) < 4.78 is 10.9. The van der Waals surface area contributed by atoms with E-state index in [2.05, 4.69) is 26.4 Å². The van der Waals surface area contributed by atoms with Crippen molar-refractivity contribution in [2.75, 3.05) is 31.6 Å². The van der Waals surface area contributed by atoms with Crippen LogP contribution in [0.3, 0.4) is 0 Å². The van der Waals surface area contributed by atoms with Crippen molar-refractivity contribution in [3.8, 4) is 0 Å². The van der Waals surface area contributed by atoms with Crippen molar-refractivity contribution < 1.29 is 18.8 Å². The Morgan fingerprint density at radius 3 is 2.77 bits per heavy atom. The van der Waals surface area contributed by atoms with Gasteiger partial charge in [0.15, 0.2) is 5.82 Å². The number of amides is 2. The Hall–Kier alpha value is -2.19. The number of benzene rings is 1. The predicted octanol–water partition coefficient (Wildman–Crippen LogP) is 3.25. The molecule has 7 nitrogen and oxygen atoms in total. The Labute approximate surface area is 160 Å². The Kier molecular flexibility index (Phi) is 7.80. The highest BCUT2D eigenvalue weighted by molar-refractivity contribution is 9.10. The van der Waals surface area contributed by atoms with Crippen LogP contribution in [0.15, 0.2) is 39.3 Å². The van der Waals surface area contributed by atoms with Gasteiger partial charge in [-0.25, -0.2) is 0 Å². The molecule has 0 spiro atoms. The minimum atomic E-state index is -0.338. The molecule has 0 atom stereocenters. The third kappa shape index (κ3) is 5.96. The molecule has 0 aliphatic rings. The lowest BCUT2D eigenvalue weighted by Gasteiger charge is -2.22. The standard InChI is InChI=1S/C18H22BrN3O4/c1-3-25-10-6-9-22(18(24)14-7-4-5-8-15(14)19)12-17(23)20-16-11-13(2)26-21-16/h4-5,7-8,11H,3,6,9-10,12H2,1-2H3,(H,20,21,23). The number of aromatic nitrogens is 1. The summed E-state index contributed by atoms with van der Waals surface area (Å²) in [5.74, 6) is 0.365. The molecule has 0 aliphatic heterocycles. The van der Waals surface area contributed by atoms with E-state index in [-0.39, 0.29) is 18.4 Å². The molecule has 2 aromatic rings. The molecule has 0 radical (unpaired) electrons. The van der Waals surface area contributed by atoms with Crippen molar-refractivity contribution >= 4 is 33.6 Å². The first kappa shape index (κ1) is 20.1. The van der Waals surface area contributed by atoms with Crippen LogP contribution >= 0.6 is 15.9 Å². The molecule has 1 heterocycles. The summed E-state index contributed by atoms with van der Waals surface area (Å²) in [7, 11) is 0. The van der Waals surface area contributed by atoms with Gasteiger partial charge in [-0.15, -0.1) is 0 Å². The van der Waals surface area contributed by atoms with Gasteiger partial charge in [0.2, 0.25) is 5.91 Å². The van der Waals surface area contributed by atoms with Crippen LogP contribution in [0.25, 0.3) is 0 Å². The van der Waals surface area contributed by atoms with Gasteiger partial charge < -0.3 is 19.5 Å². The fraction of sp³-hybridized carbons (Fsp3) is 0.389. The molecule has 1 aromatic heterocycles. The van der Waals surface area contributed by atoms with E-state index >= 15 is 0 Å². The maximum absolute atomic E-state index is 12.9. The number of anilines is 1. The molecule has 2 rings (SSSR count). The number of hydrogen-bond acceptors (Lipinski definition) is 5. The third-order valence-corrected chi connectivity index (χ3v) is 4.23. The highest BCUT2D eigenvalue weighted by atomic mass is 79.9. The first-order valence-corrected chi connectivity index (χ1v) is 9.15. The second-order valence-electron chi connectivity index (χ2n) is 5.63. The van der Waals surface area contributed by atoms with E-state index in [1.165, 1.54) is 4.90 Å². The molecule has 0 fully saturated rings. The normalized spacial score (nSPS) is 10.6. The van der Waals surface area contributed by atoms with E-state index in [1.54, 1.807) is 31.2 Å². The lowest BCUT2D eigenvalue weighted by Crippen LogP contribution is -2.39. The van der Waals surface area contributed by atoms with Gasteiger partial charge in [-0.2, -0.15) is 0 Å². The van der Waals surface area contributed by atoms with Crippen molar-refractivity contribution in [3.63, 3.8) is 0 Å². The Balaban J connectivity index is 2.05. The molecule has 2 amide bonds. The van der Waals surface area contributed by atoms with Crippen LogP contribution in [0.1, 0.15) is 29.5 Å². The summed E-state index contributed by atoms with van der Waals surface area (Å²) in [4.78, 5) is 26.7. The van der Waals surface area contributed by atoms with E-state index in [0.29, 0.717) is 47.8 Å². The van der Waals surface area contributed by atoms with Crippen LogP contribution in [-0.4, -0.2) is 48.2 Å². The number of rotatable bonds is 9. The van der Waals surface area contributed by atoms with Crippen molar-refractivity contribution in [2.24, 2.45) is 0 Å². The lowest BCUT2D eigenvalue weighted by atomic mass is 10.2. The topological polar surface area (TPSA) is 84.7 Å². The molecule has 0 bridgehead atoms. The summed E-state index contributed by atoms with van der Waals surface area (Å²) in [6.45, 7) is 5.12. The van der Waals surface area contributed by atoms with Crippen LogP contribution < -0.4 is 5.32 Å². The van der Waals surface area contributed by atoms with E-state index < -0.39 is 0 Å². The third-order valence-electron chi connectivity index (χ3n) is 3.54. The van der Waals surface area contributed by atoms with Crippen molar-refractivity contribution in [2.45, 2.75) is 20.3 Å². The lowest BCUT2D eigenvalue weighted by molar-refractivity contribution is -0.117. The fourth-order valence-electron chi connectivity index (χ4n) is 2.34. The van der Waals surface area contributed by atoms with Gasteiger partial charge in [0, 0.05) is 30.3 Å². The van der Waals surface area contributed by atoms with Crippen molar-refractivity contribution in [1.29, 1.82) is 0 Å². The Morgan fingerprint density at radius 2 is 2.12 bits per heavy atom. The number of carbonyl (C=O) groups excluding carboxylic acids is 2. The highest BCUT2D eigenvalue weighted by Gasteiger charge is 2.21. The molecular weight excluding hydrogens is 402 g/mol. The van der Waals surface area contributed by atoms with Gasteiger partial charge in [0.1, 0.15) is 12.3 Å². The summed E-state index contributed by atoms with van der Waals surface area (Å²) in [5, 5.41) is 6.36. The van der Waals surface area contributed by atoms with E-state index in [1.807, 2.05) is 13.0 Å². The minimum Gasteiger partial charge on any atom is -0.382 e. The molecule has 1 N–H and O–H groups in total. The molecule has 140 valence electrons. The molecule has 1 aromatic carbocycles. The van der Waals surface area contributed by atoms with Crippen LogP contribution in [-0.2, 0) is 9.53 Å². The zero-order chi connectivity index (χ0) is 18.9. The number of ether oxygens (including phenoxy) is 1. The average molecular weight is 424 g/mol. The molecular formula is C18H22BrN3O4. The van der Waals surface area contributed by atoms with Crippen LogP contribution in [0.5, 0.6) is 0 Å². The Bertz CT molecular complexity index is 748. The molecule has 0 saturated heterocycles. The molecule has 0 aliphatic carbocycles. The number of halogens is 1.